The normalized spacial score (nSPS) is 18.8. The summed E-state index contributed by atoms with van der Waals surface area (Å²) in [4.78, 5) is 15.8. The molecule has 1 saturated heterocycles. The Morgan fingerprint density at radius 1 is 1.29 bits per heavy atom. The molecule has 0 unspecified atom stereocenters. The van der Waals surface area contributed by atoms with Crippen molar-refractivity contribution in [1.82, 2.24) is 9.80 Å². The molecule has 0 aromatic rings. The van der Waals surface area contributed by atoms with Gasteiger partial charge in [-0.1, -0.05) is 6.92 Å². The standard InChI is InChI=1S/C13H26N2O2/c1-4-13(17)10-14(11-13)9-7-8-12(16)15(5-2)6-3/h17H,4-11H2,1-3H3. The lowest BCUT2D eigenvalue weighted by molar-refractivity contribution is -0.131. The summed E-state index contributed by atoms with van der Waals surface area (Å²) in [5.41, 5.74) is -0.455. The van der Waals surface area contributed by atoms with E-state index < -0.39 is 5.60 Å². The highest BCUT2D eigenvalue weighted by Crippen LogP contribution is 2.23. The second kappa shape index (κ2) is 6.36. The predicted molar refractivity (Wildman–Crippen MR) is 68.8 cm³/mol. The number of β-amino-alcohol motifs (C(OH)–C–C–N with tert-alkyl or cyclic N) is 1. The zero-order valence-electron chi connectivity index (χ0n) is 11.4. The third-order valence-electron chi connectivity index (χ3n) is 3.68. The average molecular weight is 242 g/mol. The second-order valence-electron chi connectivity index (χ2n) is 4.96. The molecule has 0 atom stereocenters. The quantitative estimate of drug-likeness (QED) is 0.727. The number of nitrogens with zero attached hydrogens (tertiary/aromatic N) is 2. The van der Waals surface area contributed by atoms with Crippen LogP contribution in [-0.2, 0) is 4.79 Å². The summed E-state index contributed by atoms with van der Waals surface area (Å²) in [6.45, 7) is 10.1. The van der Waals surface area contributed by atoms with E-state index in [-0.39, 0.29) is 5.91 Å². The molecule has 1 aliphatic heterocycles. The lowest BCUT2D eigenvalue weighted by Gasteiger charge is -2.46. The molecule has 1 heterocycles. The summed E-state index contributed by atoms with van der Waals surface area (Å²) < 4.78 is 0. The summed E-state index contributed by atoms with van der Waals surface area (Å²) in [7, 11) is 0. The van der Waals surface area contributed by atoms with Gasteiger partial charge >= 0.3 is 0 Å². The highest BCUT2D eigenvalue weighted by molar-refractivity contribution is 5.76. The zero-order chi connectivity index (χ0) is 12.9. The van der Waals surface area contributed by atoms with E-state index in [1.54, 1.807) is 0 Å². The largest absolute Gasteiger partial charge is 0.387 e. The van der Waals surface area contributed by atoms with Crippen LogP contribution in [0, 0.1) is 0 Å². The van der Waals surface area contributed by atoms with Gasteiger partial charge in [0, 0.05) is 32.6 Å². The van der Waals surface area contributed by atoms with Crippen molar-refractivity contribution >= 4 is 5.91 Å². The Labute approximate surface area is 105 Å². The van der Waals surface area contributed by atoms with Crippen molar-refractivity contribution in [3.63, 3.8) is 0 Å². The van der Waals surface area contributed by atoms with Gasteiger partial charge in [-0.2, -0.15) is 0 Å². The first-order valence-electron chi connectivity index (χ1n) is 6.77. The van der Waals surface area contributed by atoms with E-state index in [4.69, 9.17) is 0 Å². The van der Waals surface area contributed by atoms with Crippen molar-refractivity contribution in [3.8, 4) is 0 Å². The molecule has 4 nitrogen and oxygen atoms in total. The summed E-state index contributed by atoms with van der Waals surface area (Å²) in [6, 6.07) is 0. The van der Waals surface area contributed by atoms with Gasteiger partial charge in [0.2, 0.25) is 5.91 Å². The van der Waals surface area contributed by atoms with Gasteiger partial charge in [-0.05, 0) is 33.2 Å². The van der Waals surface area contributed by atoms with Crippen molar-refractivity contribution in [1.29, 1.82) is 0 Å². The molecule has 0 aromatic heterocycles. The minimum absolute atomic E-state index is 0.251. The Balaban J connectivity index is 2.11. The van der Waals surface area contributed by atoms with Crippen molar-refractivity contribution in [3.05, 3.63) is 0 Å². The first kappa shape index (κ1) is 14.5. The maximum absolute atomic E-state index is 11.7. The number of hydrogen-bond donors (Lipinski definition) is 1. The maximum Gasteiger partial charge on any atom is 0.222 e. The van der Waals surface area contributed by atoms with Crippen LogP contribution in [0.2, 0.25) is 0 Å². The molecule has 0 bridgehead atoms. The first-order valence-corrected chi connectivity index (χ1v) is 6.77. The molecule has 1 amide bonds. The van der Waals surface area contributed by atoms with Crippen molar-refractivity contribution in [2.75, 3.05) is 32.7 Å². The minimum atomic E-state index is -0.455. The second-order valence-corrected chi connectivity index (χ2v) is 4.96. The molecular formula is C13H26N2O2. The zero-order valence-corrected chi connectivity index (χ0v) is 11.4. The van der Waals surface area contributed by atoms with Crippen LogP contribution in [0.25, 0.3) is 0 Å². The van der Waals surface area contributed by atoms with Gasteiger partial charge in [0.05, 0.1) is 5.60 Å². The van der Waals surface area contributed by atoms with E-state index in [9.17, 15) is 9.90 Å². The third kappa shape index (κ3) is 3.96. The maximum atomic E-state index is 11.7. The van der Waals surface area contributed by atoms with Crippen LogP contribution in [0.1, 0.15) is 40.0 Å². The van der Waals surface area contributed by atoms with Gasteiger partial charge in [-0.25, -0.2) is 0 Å². The SMILES string of the molecule is CCN(CC)C(=O)CCCN1CC(O)(CC)C1. The highest BCUT2D eigenvalue weighted by Gasteiger charge is 2.38. The number of carbonyl (C=O) groups is 1. The van der Waals surface area contributed by atoms with Crippen LogP contribution >= 0.6 is 0 Å². The first-order chi connectivity index (χ1) is 8.04. The van der Waals surface area contributed by atoms with Crippen LogP contribution < -0.4 is 0 Å². The molecule has 0 aromatic carbocycles. The fourth-order valence-electron chi connectivity index (χ4n) is 2.36. The van der Waals surface area contributed by atoms with Crippen LogP contribution in [0.15, 0.2) is 0 Å². The number of rotatable bonds is 7. The molecule has 4 heteroatoms. The summed E-state index contributed by atoms with van der Waals surface area (Å²) in [5.74, 6) is 0.251. The topological polar surface area (TPSA) is 43.8 Å². The minimum Gasteiger partial charge on any atom is -0.387 e. The molecular weight excluding hydrogens is 216 g/mol. The van der Waals surface area contributed by atoms with Gasteiger partial charge < -0.3 is 10.0 Å². The summed E-state index contributed by atoms with van der Waals surface area (Å²) in [6.07, 6.45) is 2.35. The van der Waals surface area contributed by atoms with Gasteiger partial charge in [0.15, 0.2) is 0 Å². The molecule has 0 spiro atoms. The fraction of sp³-hybridized carbons (Fsp3) is 0.923. The summed E-state index contributed by atoms with van der Waals surface area (Å²) >= 11 is 0. The van der Waals surface area contributed by atoms with Crippen molar-refractivity contribution in [2.24, 2.45) is 0 Å². The van der Waals surface area contributed by atoms with E-state index in [1.807, 2.05) is 25.7 Å². The molecule has 1 N–H and O–H groups in total. The Morgan fingerprint density at radius 3 is 2.35 bits per heavy atom. The van der Waals surface area contributed by atoms with Crippen LogP contribution in [0.3, 0.4) is 0 Å². The van der Waals surface area contributed by atoms with Gasteiger partial charge in [0.1, 0.15) is 0 Å². The van der Waals surface area contributed by atoms with E-state index in [1.165, 1.54) is 0 Å². The van der Waals surface area contributed by atoms with E-state index in [0.29, 0.717) is 6.42 Å². The Morgan fingerprint density at radius 2 is 1.88 bits per heavy atom. The number of carbonyl (C=O) groups excluding carboxylic acids is 1. The highest BCUT2D eigenvalue weighted by atomic mass is 16.3. The predicted octanol–water partition coefficient (Wildman–Crippen LogP) is 1.09. The van der Waals surface area contributed by atoms with Crippen LogP contribution in [-0.4, -0.2) is 59.1 Å². The van der Waals surface area contributed by atoms with Gasteiger partial charge in [-0.3, -0.25) is 9.69 Å². The molecule has 17 heavy (non-hydrogen) atoms. The van der Waals surface area contributed by atoms with E-state index in [2.05, 4.69) is 4.90 Å². The van der Waals surface area contributed by atoms with E-state index >= 15 is 0 Å². The number of aliphatic hydroxyl groups is 1. The van der Waals surface area contributed by atoms with Gasteiger partial charge in [-0.15, -0.1) is 0 Å². The lowest BCUT2D eigenvalue weighted by atomic mass is 9.91. The molecule has 0 saturated carbocycles. The average Bonchev–Trinajstić information content (AvgIpc) is 2.28. The number of likely N-dealkylation sites (tertiary alicyclic amines) is 1. The number of hydrogen-bond acceptors (Lipinski definition) is 3. The number of amides is 1. The van der Waals surface area contributed by atoms with Crippen LogP contribution in [0.4, 0.5) is 0 Å². The molecule has 100 valence electrons. The molecule has 0 aliphatic carbocycles. The molecule has 0 radical (unpaired) electrons. The Bertz CT molecular complexity index is 246. The van der Waals surface area contributed by atoms with Gasteiger partial charge in [0.25, 0.3) is 0 Å². The molecule has 1 rings (SSSR count). The van der Waals surface area contributed by atoms with Crippen molar-refractivity contribution in [2.45, 2.75) is 45.6 Å². The van der Waals surface area contributed by atoms with Crippen LogP contribution in [0.5, 0.6) is 0 Å². The molecule has 1 fully saturated rings. The monoisotopic (exact) mass is 242 g/mol. The Hall–Kier alpha value is -0.610. The summed E-state index contributed by atoms with van der Waals surface area (Å²) in [5, 5.41) is 9.85. The smallest absolute Gasteiger partial charge is 0.222 e. The Kier molecular flexibility index (Phi) is 5.40. The lowest BCUT2D eigenvalue weighted by Crippen LogP contribution is -2.61. The molecule has 1 aliphatic rings. The third-order valence-corrected chi connectivity index (χ3v) is 3.68. The van der Waals surface area contributed by atoms with E-state index in [0.717, 1.165) is 45.6 Å². The van der Waals surface area contributed by atoms with Crippen molar-refractivity contribution < 1.29 is 9.90 Å². The fourth-order valence-corrected chi connectivity index (χ4v) is 2.36.